The van der Waals surface area contributed by atoms with Gasteiger partial charge in [-0.2, -0.15) is 0 Å². The van der Waals surface area contributed by atoms with Gasteiger partial charge in [0.05, 0.1) is 88.9 Å². The Morgan fingerprint density at radius 2 is 1.34 bits per heavy atom. The topological polar surface area (TPSA) is 396 Å². The number of likely N-dealkylation sites (tertiary alicyclic amines) is 1. The monoisotopic (exact) mass is 1560 g/mol. The van der Waals surface area contributed by atoms with Gasteiger partial charge < -0.3 is 101 Å². The Kier molecular flexibility index (Phi) is 42.5. The second-order valence-corrected chi connectivity index (χ2v) is 29.4. The molecule has 2 aliphatic heterocycles. The zero-order valence-electron chi connectivity index (χ0n) is 66.8. The molecule has 0 bridgehead atoms. The van der Waals surface area contributed by atoms with Crippen LogP contribution in [0.15, 0.2) is 66.7 Å². The molecule has 31 nitrogen and oxygen atoms in total. The molecule has 110 heavy (non-hydrogen) atoms. The third kappa shape index (κ3) is 31.4. The molecule has 0 spiro atoms. The number of ether oxygens (including phenoxy) is 7. The highest BCUT2D eigenvalue weighted by Crippen LogP contribution is 2.31. The lowest BCUT2D eigenvalue weighted by Gasteiger charge is -2.41. The number of carbonyl (C=O) groups excluding carboxylic acids is 11. The first-order valence-electron chi connectivity index (χ1n) is 38.3. The van der Waals surface area contributed by atoms with E-state index in [0.29, 0.717) is 67.9 Å². The number of aliphatic hydroxyl groups is 1. The zero-order chi connectivity index (χ0) is 81.6. The number of aliphatic hydroxyl groups excluding tert-OH is 1. The highest BCUT2D eigenvalue weighted by molar-refractivity contribution is 7.80. The summed E-state index contributed by atoms with van der Waals surface area (Å²) in [5.74, 6) is -5.18. The van der Waals surface area contributed by atoms with Crippen molar-refractivity contribution in [1.82, 2.24) is 51.5 Å². The fraction of sp³-hybridized carbons (Fsp3) is 0.667. The lowest BCUT2D eigenvalue weighted by Crippen LogP contribution is -2.60. The van der Waals surface area contributed by atoms with Gasteiger partial charge in [-0.15, -0.1) is 0 Å². The summed E-state index contributed by atoms with van der Waals surface area (Å²) in [4.78, 5) is 153. The molecule has 12 atom stereocenters. The number of anilines is 1. The molecule has 10 N–H and O–H groups in total. The van der Waals surface area contributed by atoms with Crippen LogP contribution in [0.4, 0.5) is 15.3 Å². The number of unbranched alkanes of at least 4 members (excludes halogenated alkanes) is 2. The highest BCUT2D eigenvalue weighted by atomic mass is 32.1. The van der Waals surface area contributed by atoms with E-state index in [-0.39, 0.29) is 151 Å². The molecule has 1 saturated heterocycles. The number of carbonyl (C=O) groups is 11. The number of benzene rings is 2. The Morgan fingerprint density at radius 3 is 1.93 bits per heavy atom. The van der Waals surface area contributed by atoms with Gasteiger partial charge in [0.2, 0.25) is 47.3 Å². The molecule has 32 heteroatoms. The lowest BCUT2D eigenvalue weighted by atomic mass is 9.89. The van der Waals surface area contributed by atoms with Crippen molar-refractivity contribution in [3.63, 3.8) is 0 Å². The summed E-state index contributed by atoms with van der Waals surface area (Å²) in [6, 6.07) is 9.70. The number of esters is 1. The molecule has 0 aromatic heterocycles. The van der Waals surface area contributed by atoms with Crippen molar-refractivity contribution in [2.75, 3.05) is 107 Å². The quantitative estimate of drug-likeness (QED) is 0.0242. The average Bonchev–Trinajstić information content (AvgIpc) is 1.43. The van der Waals surface area contributed by atoms with Gasteiger partial charge >= 0.3 is 18.1 Å². The summed E-state index contributed by atoms with van der Waals surface area (Å²) in [7, 11) is 7.67. The normalized spacial score (nSPS) is 16.8. The van der Waals surface area contributed by atoms with Gasteiger partial charge in [0.25, 0.3) is 0 Å². The van der Waals surface area contributed by atoms with E-state index in [0.717, 1.165) is 12.0 Å². The molecule has 2 heterocycles. The van der Waals surface area contributed by atoms with Crippen LogP contribution >= 0.6 is 12.2 Å². The van der Waals surface area contributed by atoms with Gasteiger partial charge in [0.1, 0.15) is 43.0 Å². The third-order valence-corrected chi connectivity index (χ3v) is 20.3. The Labute approximate surface area is 654 Å². The predicted molar refractivity (Wildman–Crippen MR) is 417 cm³/mol. The summed E-state index contributed by atoms with van der Waals surface area (Å²) in [5, 5.41) is 29.5. The molecule has 1 fully saturated rings. The Bertz CT molecular complexity index is 3280. The fourth-order valence-corrected chi connectivity index (χ4v) is 13.7. The molecule has 0 radical (unpaired) electrons. The van der Waals surface area contributed by atoms with Gasteiger partial charge in [-0.25, -0.2) is 14.4 Å². The van der Waals surface area contributed by atoms with Crippen molar-refractivity contribution in [3.8, 4) is 0 Å². The van der Waals surface area contributed by atoms with E-state index in [1.165, 1.54) is 36.2 Å². The van der Waals surface area contributed by atoms with Crippen molar-refractivity contribution in [3.05, 3.63) is 77.9 Å². The van der Waals surface area contributed by atoms with Crippen LogP contribution < -0.4 is 43.0 Å². The summed E-state index contributed by atoms with van der Waals surface area (Å²) in [5.41, 5.74) is 7.14. The van der Waals surface area contributed by atoms with Crippen LogP contribution in [0.1, 0.15) is 144 Å². The lowest BCUT2D eigenvalue weighted by molar-refractivity contribution is -0.148. The maximum atomic E-state index is 14.8. The van der Waals surface area contributed by atoms with Gasteiger partial charge in [0, 0.05) is 85.0 Å². The number of hydrogen-bond donors (Lipinski definition) is 9. The van der Waals surface area contributed by atoms with Crippen LogP contribution in [0.2, 0.25) is 0 Å². The van der Waals surface area contributed by atoms with E-state index in [2.05, 4.69) is 37.2 Å². The second kappa shape index (κ2) is 49.8. The van der Waals surface area contributed by atoms with Crippen molar-refractivity contribution < 1.29 is 91.0 Å². The van der Waals surface area contributed by atoms with Crippen LogP contribution in [-0.4, -0.2) is 257 Å². The van der Waals surface area contributed by atoms with Crippen molar-refractivity contribution in [2.45, 2.75) is 207 Å². The number of thiocarbonyl (C=S) groups is 1. The molecule has 0 aliphatic carbocycles. The number of urea groups is 1. The molecular formula is C78H124N12O19S. The van der Waals surface area contributed by atoms with E-state index >= 15 is 0 Å². The van der Waals surface area contributed by atoms with Crippen LogP contribution in [0.25, 0.3) is 0 Å². The van der Waals surface area contributed by atoms with Gasteiger partial charge in [-0.1, -0.05) is 130 Å². The number of hydrogen-bond acceptors (Lipinski definition) is 20. The number of nitrogens with two attached hydrogens (primary N) is 1. The maximum Gasteiger partial charge on any atom is 0.407 e. The molecule has 2 aromatic carbocycles. The SMILES string of the molecule is CCC(C)C(C(CC(=O)N1CCCC1C(OC)C(C)C(=S)NC(Cc1ccccc1)C(=O)OC)OC)N(C)C(=O)C(NC(=O)C(C(C)C)N(C)C(=O)CCOCCOCCOCCNC(=O)OCc1ccc(NC(=O)C(CCCNC(N)=O)NC(=O)C(NC(=O)CCCCCN2C(=O)C=CC2O)C(C)C)cc1)C(C)C. The number of nitrogens with one attached hydrogen (secondary N) is 7. The Morgan fingerprint density at radius 1 is 0.682 bits per heavy atom. The molecular weight excluding hydrogens is 1440 g/mol. The van der Waals surface area contributed by atoms with Gasteiger partial charge in [-0.3, -0.25) is 38.4 Å². The maximum absolute atomic E-state index is 14.8. The molecule has 12 unspecified atom stereocenters. The number of amides is 11. The number of alkyl carbamates (subject to hydrolysis) is 1. The number of likely N-dealkylation sites (N-methyl/N-ethyl adjacent to an activating group) is 2. The van der Waals surface area contributed by atoms with E-state index in [1.807, 2.05) is 83.7 Å². The van der Waals surface area contributed by atoms with Crippen LogP contribution in [0, 0.1) is 29.6 Å². The standard InChI is InChI=1S/C78H124N12O19S/c1-15-52(8)69(60(103-12)47-65(95)89-39-23-27-59(89)70(104-13)53(9)74(110)84-58(76(100)105-14)46-54-24-18-16-19-25-54)88(11)75(99)67(50(4)5)86-73(98)68(51(6)7)87(10)62(92)35-40-106-42-44-108-45-43-107-41-37-81-78(102)109-48-55-29-31-56(32-30-55)82-71(96)57(26-22-36-80-77(79)101)83-72(97)66(49(2)3)85-61(91)28-20-17-21-38-90-63(93)33-34-64(90)94/h16,18-19,24-25,29-34,49-53,57-60,63,66-70,93H,15,17,20-23,26-28,35-48H2,1-14H3,(H,81,102)(H,82,96)(H,83,97)(H,84,110)(H,85,91)(H,86,98)(H3,79,80,101). The Hall–Kier alpha value is -8.40. The third-order valence-electron chi connectivity index (χ3n) is 19.8. The molecule has 2 aliphatic rings. The van der Waals surface area contributed by atoms with Crippen LogP contribution in [-0.2, 0) is 89.3 Å². The minimum Gasteiger partial charge on any atom is -0.467 e. The van der Waals surface area contributed by atoms with Gasteiger partial charge in [0.15, 0.2) is 0 Å². The fourth-order valence-electron chi connectivity index (χ4n) is 13.4. The molecule has 616 valence electrons. The van der Waals surface area contributed by atoms with E-state index in [1.54, 1.807) is 64.2 Å². The summed E-state index contributed by atoms with van der Waals surface area (Å²) in [6.07, 6.45) is 4.35. The number of methoxy groups -OCH3 is 3. The van der Waals surface area contributed by atoms with Crippen LogP contribution in [0.3, 0.4) is 0 Å². The summed E-state index contributed by atoms with van der Waals surface area (Å²) in [6.45, 7) is 18.8. The van der Waals surface area contributed by atoms with Crippen molar-refractivity contribution >= 4 is 88.2 Å². The van der Waals surface area contributed by atoms with E-state index in [9.17, 15) is 57.8 Å². The molecule has 4 rings (SSSR count). The predicted octanol–water partition coefficient (Wildman–Crippen LogP) is 4.89. The first kappa shape index (κ1) is 94.0. The first-order valence-corrected chi connectivity index (χ1v) is 38.7. The summed E-state index contributed by atoms with van der Waals surface area (Å²) < 4.78 is 39.6. The van der Waals surface area contributed by atoms with Crippen molar-refractivity contribution in [1.29, 1.82) is 0 Å². The van der Waals surface area contributed by atoms with Gasteiger partial charge in [-0.05, 0) is 91.5 Å². The molecule has 11 amide bonds. The smallest absolute Gasteiger partial charge is 0.407 e. The average molecular weight is 1570 g/mol. The molecule has 0 saturated carbocycles. The van der Waals surface area contributed by atoms with E-state index < -0.39 is 96.4 Å². The highest BCUT2D eigenvalue weighted by Gasteiger charge is 2.44. The minimum absolute atomic E-state index is 0.0266. The minimum atomic E-state index is -1.07. The number of nitrogens with zero attached hydrogens (tertiary/aromatic N) is 4. The Balaban J connectivity index is 1.16. The molecule has 2 aromatic rings. The van der Waals surface area contributed by atoms with Crippen molar-refractivity contribution in [2.24, 2.45) is 35.3 Å². The van der Waals surface area contributed by atoms with Crippen LogP contribution in [0.5, 0.6) is 0 Å². The first-order chi connectivity index (χ1) is 52.4. The number of rotatable bonds is 51. The zero-order valence-corrected chi connectivity index (χ0v) is 67.7. The summed E-state index contributed by atoms with van der Waals surface area (Å²) >= 11 is 5.90. The largest absolute Gasteiger partial charge is 0.467 e. The van der Waals surface area contributed by atoms with E-state index in [4.69, 9.17) is 51.1 Å². The number of primary amides is 1. The second-order valence-electron chi connectivity index (χ2n) is 29.0.